The van der Waals surface area contributed by atoms with E-state index in [1.165, 1.54) is 193 Å². The minimum Gasteiger partial charge on any atom is -0.466 e. The van der Waals surface area contributed by atoms with Crippen molar-refractivity contribution in [2.45, 2.75) is 297 Å². The molecule has 0 bridgehead atoms. The summed E-state index contributed by atoms with van der Waals surface area (Å²) in [6.07, 6.45) is 59.0. The van der Waals surface area contributed by atoms with Gasteiger partial charge in [0, 0.05) is 12.8 Å². The second kappa shape index (κ2) is 48.1. The Morgan fingerprint density at radius 2 is 0.759 bits per heavy atom. The second-order valence-electron chi connectivity index (χ2n) is 18.3. The van der Waals surface area contributed by atoms with Crippen LogP contribution in [0.3, 0.4) is 0 Å². The topological polar surface area (TPSA) is 52.6 Å². The predicted molar refractivity (Wildman–Crippen MR) is 255 cm³/mol. The lowest BCUT2D eigenvalue weighted by Gasteiger charge is -2.18. The Balaban J connectivity index is 3.72. The van der Waals surface area contributed by atoms with Crippen molar-refractivity contribution in [2.75, 3.05) is 6.61 Å². The highest BCUT2D eigenvalue weighted by atomic mass is 16.5. The molecule has 1 atom stereocenters. The fourth-order valence-corrected chi connectivity index (χ4v) is 7.95. The van der Waals surface area contributed by atoms with E-state index in [0.717, 1.165) is 63.7 Å². The lowest BCUT2D eigenvalue weighted by molar-refractivity contribution is -0.150. The molecule has 0 aliphatic heterocycles. The summed E-state index contributed by atoms with van der Waals surface area (Å²) in [6, 6.07) is 0. The van der Waals surface area contributed by atoms with Crippen molar-refractivity contribution in [3.63, 3.8) is 0 Å². The number of esters is 2. The van der Waals surface area contributed by atoms with Crippen LogP contribution in [0.5, 0.6) is 0 Å². The SMILES string of the molecule is CCCCC/C=C\C/C=C\CCCCCCCC(=O)OC(CCCCCC)CCCCCCCCCCC(=O)OCCCCCCCCCCCCCCCC(C)C. The summed E-state index contributed by atoms with van der Waals surface area (Å²) in [6.45, 7) is 9.77. The van der Waals surface area contributed by atoms with Gasteiger partial charge in [0.05, 0.1) is 6.61 Å². The Morgan fingerprint density at radius 3 is 1.24 bits per heavy atom. The maximum atomic E-state index is 12.7. The third kappa shape index (κ3) is 47.1. The third-order valence-electron chi connectivity index (χ3n) is 11.9. The number of allylic oxidation sites excluding steroid dienone is 4. The highest BCUT2D eigenvalue weighted by Crippen LogP contribution is 2.19. The average Bonchev–Trinajstić information content (AvgIpc) is 3.21. The van der Waals surface area contributed by atoms with Crippen molar-refractivity contribution in [3.05, 3.63) is 24.3 Å². The second-order valence-corrected chi connectivity index (χ2v) is 18.3. The molecular weight excluding hydrogens is 713 g/mol. The Hall–Kier alpha value is -1.58. The van der Waals surface area contributed by atoms with Gasteiger partial charge in [0.25, 0.3) is 0 Å². The van der Waals surface area contributed by atoms with Crippen molar-refractivity contribution in [3.8, 4) is 0 Å². The number of rotatable bonds is 47. The Kier molecular flexibility index (Phi) is 46.8. The fraction of sp³-hybridized carbons (Fsp3) is 0.889. The zero-order valence-corrected chi connectivity index (χ0v) is 39.8. The van der Waals surface area contributed by atoms with E-state index < -0.39 is 0 Å². The summed E-state index contributed by atoms with van der Waals surface area (Å²) < 4.78 is 11.5. The minimum atomic E-state index is -0.00381. The molecular formula is C54H102O4. The number of carbonyl (C=O) groups excluding carboxylic acids is 2. The van der Waals surface area contributed by atoms with Crippen LogP contribution < -0.4 is 0 Å². The molecule has 0 spiro atoms. The quantitative estimate of drug-likeness (QED) is 0.0349. The van der Waals surface area contributed by atoms with Gasteiger partial charge in [0.2, 0.25) is 0 Å². The summed E-state index contributed by atoms with van der Waals surface area (Å²) in [5.74, 6) is 0.882. The Morgan fingerprint density at radius 1 is 0.397 bits per heavy atom. The Bertz CT molecular complexity index is 891. The summed E-state index contributed by atoms with van der Waals surface area (Å²) in [5.41, 5.74) is 0. The molecule has 0 aromatic carbocycles. The molecule has 342 valence electrons. The number of hydrogen-bond acceptors (Lipinski definition) is 4. The molecule has 0 amide bonds. The number of carbonyl (C=O) groups is 2. The Labute approximate surface area is 363 Å². The third-order valence-corrected chi connectivity index (χ3v) is 11.9. The van der Waals surface area contributed by atoms with Gasteiger partial charge in [-0.3, -0.25) is 9.59 Å². The normalized spacial score (nSPS) is 12.4. The van der Waals surface area contributed by atoms with E-state index in [2.05, 4.69) is 52.0 Å². The van der Waals surface area contributed by atoms with E-state index >= 15 is 0 Å². The first-order valence-corrected chi connectivity index (χ1v) is 26.1. The van der Waals surface area contributed by atoms with Crippen molar-refractivity contribution < 1.29 is 19.1 Å². The van der Waals surface area contributed by atoms with Gasteiger partial charge in [0.1, 0.15) is 6.10 Å². The lowest BCUT2D eigenvalue weighted by atomic mass is 10.0. The van der Waals surface area contributed by atoms with Crippen LogP contribution in [0.25, 0.3) is 0 Å². The maximum Gasteiger partial charge on any atom is 0.306 e. The summed E-state index contributed by atoms with van der Waals surface area (Å²) in [5, 5.41) is 0. The first-order valence-electron chi connectivity index (χ1n) is 26.1. The van der Waals surface area contributed by atoms with E-state index in [-0.39, 0.29) is 18.0 Å². The van der Waals surface area contributed by atoms with Gasteiger partial charge < -0.3 is 9.47 Å². The van der Waals surface area contributed by atoms with Gasteiger partial charge in [-0.1, -0.05) is 225 Å². The van der Waals surface area contributed by atoms with Gasteiger partial charge in [0.15, 0.2) is 0 Å². The molecule has 4 heteroatoms. The first-order chi connectivity index (χ1) is 28.5. The van der Waals surface area contributed by atoms with E-state index in [1.807, 2.05) is 0 Å². The molecule has 1 unspecified atom stereocenters. The molecule has 58 heavy (non-hydrogen) atoms. The molecule has 0 heterocycles. The molecule has 0 N–H and O–H groups in total. The van der Waals surface area contributed by atoms with E-state index in [1.54, 1.807) is 0 Å². The van der Waals surface area contributed by atoms with Gasteiger partial charge in [-0.15, -0.1) is 0 Å². The number of hydrogen-bond donors (Lipinski definition) is 0. The van der Waals surface area contributed by atoms with Crippen LogP contribution in [0.2, 0.25) is 0 Å². The monoisotopic (exact) mass is 815 g/mol. The first kappa shape index (κ1) is 56.4. The molecule has 0 aromatic rings. The molecule has 0 saturated carbocycles. The maximum absolute atomic E-state index is 12.7. The lowest BCUT2D eigenvalue weighted by Crippen LogP contribution is -2.18. The number of ether oxygens (including phenoxy) is 2. The van der Waals surface area contributed by atoms with Crippen molar-refractivity contribution in [1.29, 1.82) is 0 Å². The van der Waals surface area contributed by atoms with Crippen molar-refractivity contribution in [1.82, 2.24) is 0 Å². The molecule has 0 rings (SSSR count). The summed E-state index contributed by atoms with van der Waals surface area (Å²) >= 11 is 0. The van der Waals surface area contributed by atoms with Crippen LogP contribution in [-0.2, 0) is 19.1 Å². The van der Waals surface area contributed by atoms with Crippen molar-refractivity contribution >= 4 is 11.9 Å². The minimum absolute atomic E-state index is 0.00381. The summed E-state index contributed by atoms with van der Waals surface area (Å²) in [4.78, 5) is 24.8. The van der Waals surface area contributed by atoms with Gasteiger partial charge >= 0.3 is 11.9 Å². The largest absolute Gasteiger partial charge is 0.466 e. The van der Waals surface area contributed by atoms with E-state index in [4.69, 9.17) is 9.47 Å². The zero-order chi connectivity index (χ0) is 42.3. The van der Waals surface area contributed by atoms with E-state index in [9.17, 15) is 9.59 Å². The fourth-order valence-electron chi connectivity index (χ4n) is 7.95. The molecule has 0 aliphatic rings. The molecule has 0 fully saturated rings. The van der Waals surface area contributed by atoms with Crippen LogP contribution in [0.1, 0.15) is 291 Å². The zero-order valence-electron chi connectivity index (χ0n) is 39.8. The summed E-state index contributed by atoms with van der Waals surface area (Å²) in [7, 11) is 0. The van der Waals surface area contributed by atoms with Gasteiger partial charge in [-0.05, 0) is 83.0 Å². The van der Waals surface area contributed by atoms with Gasteiger partial charge in [-0.2, -0.15) is 0 Å². The van der Waals surface area contributed by atoms with Crippen LogP contribution in [0.4, 0.5) is 0 Å². The smallest absolute Gasteiger partial charge is 0.306 e. The van der Waals surface area contributed by atoms with Gasteiger partial charge in [-0.25, -0.2) is 0 Å². The highest BCUT2D eigenvalue weighted by Gasteiger charge is 2.14. The molecule has 0 radical (unpaired) electrons. The van der Waals surface area contributed by atoms with Crippen LogP contribution in [-0.4, -0.2) is 24.6 Å². The van der Waals surface area contributed by atoms with Crippen LogP contribution >= 0.6 is 0 Å². The molecule has 0 saturated heterocycles. The van der Waals surface area contributed by atoms with Crippen molar-refractivity contribution in [2.24, 2.45) is 5.92 Å². The predicted octanol–water partition coefficient (Wildman–Crippen LogP) is 18.2. The van der Waals surface area contributed by atoms with Crippen LogP contribution in [0.15, 0.2) is 24.3 Å². The molecule has 0 aromatic heterocycles. The van der Waals surface area contributed by atoms with E-state index in [0.29, 0.717) is 19.4 Å². The standard InChI is InChI=1S/C54H102O4/c1-5-7-9-11-12-13-14-15-16-19-22-25-32-37-43-49-54(56)58-52(46-40-10-8-6-2)47-41-35-30-26-27-31-36-42-48-53(55)57-50-44-38-33-28-23-20-17-18-21-24-29-34-39-45-51(3)4/h12-13,15-16,51-52H,5-11,14,17-50H2,1-4H3/b13-12-,16-15-. The van der Waals surface area contributed by atoms with Crippen LogP contribution in [0, 0.1) is 5.92 Å². The molecule has 4 nitrogen and oxygen atoms in total. The number of unbranched alkanes of at least 4 members (excludes halogenated alkanes) is 30. The highest BCUT2D eigenvalue weighted by molar-refractivity contribution is 5.69. The molecule has 0 aliphatic carbocycles. The average molecular weight is 815 g/mol.